The average Bonchev–Trinajstić information content (AvgIpc) is 3.35. The summed E-state index contributed by atoms with van der Waals surface area (Å²) in [5.41, 5.74) is 1.84. The predicted octanol–water partition coefficient (Wildman–Crippen LogP) is 3.48. The first kappa shape index (κ1) is 15.0. The fourth-order valence-corrected chi connectivity index (χ4v) is 3.75. The van der Waals surface area contributed by atoms with Crippen LogP contribution in [0.2, 0.25) is 0 Å². The van der Waals surface area contributed by atoms with Crippen molar-refractivity contribution in [1.82, 2.24) is 20.0 Å². The van der Waals surface area contributed by atoms with E-state index >= 15 is 0 Å². The van der Waals surface area contributed by atoms with Gasteiger partial charge in [0.2, 0.25) is 5.89 Å². The van der Waals surface area contributed by atoms with Crippen molar-refractivity contribution in [3.05, 3.63) is 52.4 Å². The highest BCUT2D eigenvalue weighted by molar-refractivity contribution is 7.12. The maximum atomic E-state index is 12.9. The second-order valence-corrected chi connectivity index (χ2v) is 6.59. The number of hydrogen-bond acceptors (Lipinski definition) is 6. The monoisotopic (exact) mass is 340 g/mol. The molecule has 122 valence electrons. The van der Waals surface area contributed by atoms with Crippen LogP contribution in [0, 0.1) is 6.92 Å². The molecule has 1 fully saturated rings. The molecule has 3 aromatic rings. The Balaban J connectivity index is 1.58. The Morgan fingerprint density at radius 3 is 2.88 bits per heavy atom. The van der Waals surface area contributed by atoms with Gasteiger partial charge in [0, 0.05) is 24.4 Å². The second kappa shape index (κ2) is 6.16. The fourth-order valence-electron chi connectivity index (χ4n) is 2.96. The minimum atomic E-state index is -0.126. The van der Waals surface area contributed by atoms with Crippen LogP contribution in [-0.4, -0.2) is 32.5 Å². The van der Waals surface area contributed by atoms with E-state index in [0.29, 0.717) is 23.3 Å². The Bertz CT molecular complexity index is 858. The normalized spacial score (nSPS) is 17.4. The van der Waals surface area contributed by atoms with Crippen molar-refractivity contribution >= 4 is 17.2 Å². The highest BCUT2D eigenvalue weighted by Gasteiger charge is 2.34. The van der Waals surface area contributed by atoms with Crippen molar-refractivity contribution in [2.45, 2.75) is 25.8 Å². The van der Waals surface area contributed by atoms with E-state index in [9.17, 15) is 4.79 Å². The molecule has 1 aliphatic rings. The van der Waals surface area contributed by atoms with Crippen molar-refractivity contribution in [1.29, 1.82) is 0 Å². The molecular weight excluding hydrogens is 324 g/mol. The number of carbonyl (C=O) groups is 1. The van der Waals surface area contributed by atoms with Crippen LogP contribution in [-0.2, 0) is 0 Å². The number of likely N-dealkylation sites (tertiary alicyclic amines) is 1. The standard InChI is InChI=1S/C17H16N4O2S/c1-11-18-15(20-23-11)14-8-5-9-21(14)17(22)16-19-13(10-24-16)12-6-3-2-4-7-12/h2-4,6-7,10,14H,5,8-9H2,1H3/t14-/m0/s1. The van der Waals surface area contributed by atoms with Gasteiger partial charge in [0.1, 0.15) is 0 Å². The molecule has 0 saturated carbocycles. The molecule has 3 heterocycles. The van der Waals surface area contributed by atoms with Gasteiger partial charge >= 0.3 is 0 Å². The Kier molecular flexibility index (Phi) is 3.86. The molecule has 0 N–H and O–H groups in total. The summed E-state index contributed by atoms with van der Waals surface area (Å²) in [6.45, 7) is 2.45. The molecular formula is C17H16N4O2S. The maximum absolute atomic E-state index is 12.9. The summed E-state index contributed by atoms with van der Waals surface area (Å²) in [5, 5.41) is 6.40. The molecule has 2 aromatic heterocycles. The zero-order valence-corrected chi connectivity index (χ0v) is 14.0. The lowest BCUT2D eigenvalue weighted by Crippen LogP contribution is -2.31. The summed E-state index contributed by atoms with van der Waals surface area (Å²) in [6, 6.07) is 9.74. The maximum Gasteiger partial charge on any atom is 0.283 e. The van der Waals surface area contributed by atoms with Gasteiger partial charge in [0.05, 0.1) is 11.7 Å². The molecule has 7 heteroatoms. The lowest BCUT2D eigenvalue weighted by molar-refractivity contribution is 0.0728. The summed E-state index contributed by atoms with van der Waals surface area (Å²) in [5.74, 6) is 1.04. The highest BCUT2D eigenvalue weighted by atomic mass is 32.1. The molecule has 0 aliphatic carbocycles. The molecule has 1 atom stereocenters. The Hall–Kier alpha value is -2.54. The number of rotatable bonds is 3. The van der Waals surface area contributed by atoms with Gasteiger partial charge in [-0.3, -0.25) is 4.79 Å². The summed E-state index contributed by atoms with van der Waals surface area (Å²) >= 11 is 1.38. The van der Waals surface area contributed by atoms with E-state index in [1.807, 2.05) is 35.7 Å². The number of aryl methyl sites for hydroxylation is 1. The average molecular weight is 340 g/mol. The van der Waals surface area contributed by atoms with Gasteiger partial charge in [0.25, 0.3) is 5.91 Å². The summed E-state index contributed by atoms with van der Waals surface area (Å²) < 4.78 is 5.06. The Labute approximate surface area is 143 Å². The third-order valence-corrected chi connectivity index (χ3v) is 4.94. The molecule has 0 spiro atoms. The van der Waals surface area contributed by atoms with Gasteiger partial charge in [-0.1, -0.05) is 35.5 Å². The van der Waals surface area contributed by atoms with E-state index in [1.54, 1.807) is 11.8 Å². The predicted molar refractivity (Wildman–Crippen MR) is 89.6 cm³/mol. The molecule has 1 aromatic carbocycles. The van der Waals surface area contributed by atoms with E-state index in [-0.39, 0.29) is 11.9 Å². The van der Waals surface area contributed by atoms with Gasteiger partial charge in [-0.2, -0.15) is 4.98 Å². The van der Waals surface area contributed by atoms with Crippen LogP contribution in [0.5, 0.6) is 0 Å². The van der Waals surface area contributed by atoms with Crippen molar-refractivity contribution in [3.8, 4) is 11.3 Å². The molecule has 1 aliphatic heterocycles. The van der Waals surface area contributed by atoms with Gasteiger partial charge in [-0.05, 0) is 12.8 Å². The smallest absolute Gasteiger partial charge is 0.283 e. The summed E-state index contributed by atoms with van der Waals surface area (Å²) in [7, 11) is 0. The van der Waals surface area contributed by atoms with Crippen LogP contribution >= 0.6 is 11.3 Å². The number of benzene rings is 1. The topological polar surface area (TPSA) is 72.1 Å². The van der Waals surface area contributed by atoms with E-state index in [0.717, 1.165) is 24.1 Å². The number of nitrogens with zero attached hydrogens (tertiary/aromatic N) is 4. The van der Waals surface area contributed by atoms with Gasteiger partial charge in [-0.25, -0.2) is 4.98 Å². The van der Waals surface area contributed by atoms with Crippen molar-refractivity contribution in [2.24, 2.45) is 0 Å². The van der Waals surface area contributed by atoms with Crippen LogP contribution in [0.15, 0.2) is 40.2 Å². The third kappa shape index (κ3) is 2.71. The van der Waals surface area contributed by atoms with Gasteiger partial charge in [-0.15, -0.1) is 11.3 Å². The van der Waals surface area contributed by atoms with Gasteiger partial charge in [0.15, 0.2) is 10.8 Å². The molecule has 6 nitrogen and oxygen atoms in total. The number of thiazole rings is 1. The molecule has 24 heavy (non-hydrogen) atoms. The van der Waals surface area contributed by atoms with Crippen molar-refractivity contribution in [2.75, 3.05) is 6.54 Å². The van der Waals surface area contributed by atoms with Crippen molar-refractivity contribution < 1.29 is 9.32 Å². The minimum Gasteiger partial charge on any atom is -0.340 e. The van der Waals surface area contributed by atoms with Crippen molar-refractivity contribution in [3.63, 3.8) is 0 Å². The van der Waals surface area contributed by atoms with Crippen LogP contribution < -0.4 is 0 Å². The van der Waals surface area contributed by atoms with E-state index in [4.69, 9.17) is 4.52 Å². The minimum absolute atomic E-state index is 0.0628. The number of aromatic nitrogens is 3. The first-order chi connectivity index (χ1) is 11.7. The summed E-state index contributed by atoms with van der Waals surface area (Å²) in [6.07, 6.45) is 1.78. The lowest BCUT2D eigenvalue weighted by atomic mass is 10.2. The molecule has 4 rings (SSSR count). The van der Waals surface area contributed by atoms with Crippen LogP contribution in [0.25, 0.3) is 11.3 Å². The highest BCUT2D eigenvalue weighted by Crippen LogP contribution is 2.32. The van der Waals surface area contributed by atoms with E-state index in [2.05, 4.69) is 15.1 Å². The molecule has 0 unspecified atom stereocenters. The zero-order valence-electron chi connectivity index (χ0n) is 13.2. The van der Waals surface area contributed by atoms with E-state index in [1.165, 1.54) is 11.3 Å². The van der Waals surface area contributed by atoms with Crippen LogP contribution in [0.1, 0.15) is 40.4 Å². The third-order valence-electron chi connectivity index (χ3n) is 4.11. The quantitative estimate of drug-likeness (QED) is 0.730. The molecule has 1 amide bonds. The fraction of sp³-hybridized carbons (Fsp3) is 0.294. The molecule has 0 radical (unpaired) electrons. The zero-order chi connectivity index (χ0) is 16.5. The van der Waals surface area contributed by atoms with E-state index < -0.39 is 0 Å². The van der Waals surface area contributed by atoms with Crippen LogP contribution in [0.4, 0.5) is 0 Å². The first-order valence-corrected chi connectivity index (χ1v) is 8.72. The number of carbonyl (C=O) groups excluding carboxylic acids is 1. The molecule has 0 bridgehead atoms. The molecule has 1 saturated heterocycles. The number of amides is 1. The van der Waals surface area contributed by atoms with Crippen LogP contribution in [0.3, 0.4) is 0 Å². The summed E-state index contributed by atoms with van der Waals surface area (Å²) in [4.78, 5) is 23.5. The van der Waals surface area contributed by atoms with Gasteiger partial charge < -0.3 is 9.42 Å². The largest absolute Gasteiger partial charge is 0.340 e. The Morgan fingerprint density at radius 2 is 2.12 bits per heavy atom. The first-order valence-electron chi connectivity index (χ1n) is 7.84. The second-order valence-electron chi connectivity index (χ2n) is 5.73. The Morgan fingerprint density at radius 1 is 1.29 bits per heavy atom. The number of hydrogen-bond donors (Lipinski definition) is 0. The SMILES string of the molecule is Cc1nc([C@@H]2CCCN2C(=O)c2nc(-c3ccccc3)cs2)no1. The lowest BCUT2D eigenvalue weighted by Gasteiger charge is -2.20.